The van der Waals surface area contributed by atoms with Crippen molar-refractivity contribution in [1.82, 2.24) is 19.3 Å². The topological polar surface area (TPSA) is 91.0 Å². The molecule has 4 rings (SSSR count). The summed E-state index contributed by atoms with van der Waals surface area (Å²) in [6.07, 6.45) is -7.77. The number of carbonyl (C=O) groups excluding carboxylic acids is 2. The minimum atomic E-state index is -5.06. The second-order valence-corrected chi connectivity index (χ2v) is 9.76. The highest BCUT2D eigenvalue weighted by Gasteiger charge is 2.41. The van der Waals surface area contributed by atoms with E-state index in [1.165, 1.54) is 18.3 Å². The van der Waals surface area contributed by atoms with E-state index >= 15 is 0 Å². The molecule has 1 N–H and O–H groups in total. The van der Waals surface area contributed by atoms with E-state index in [2.05, 4.69) is 10.1 Å². The zero-order valence-corrected chi connectivity index (χ0v) is 20.0. The molecule has 0 unspecified atom stereocenters. The Balaban J connectivity index is 1.71. The third kappa shape index (κ3) is 5.45. The molecule has 0 atom stereocenters. The molecule has 0 aromatic carbocycles. The fraction of sp³-hybridized carbons (Fsp3) is 0.273. The molecule has 4 aromatic rings. The van der Waals surface area contributed by atoms with Gasteiger partial charge in [0.05, 0.1) is 22.0 Å². The lowest BCUT2D eigenvalue weighted by Gasteiger charge is -2.19. The highest BCUT2D eigenvalue weighted by Crippen LogP contribution is 2.37. The summed E-state index contributed by atoms with van der Waals surface area (Å²) in [5.41, 5.74) is -4.63. The zero-order chi connectivity index (χ0) is 27.3. The minimum absolute atomic E-state index is 0.0578. The van der Waals surface area contributed by atoms with Gasteiger partial charge >= 0.3 is 18.4 Å². The standard InChI is InChI=1S/C22H17F6N5O3S/c1-20(2,3)36-19(35)32-7-5-14-13(32)9-16(37-14)33-17(22(26,27)28)12(10-30-33)18(34)31-11-4-6-29-15(8-11)21(23,24)25/h4-10H,1-3H3,(H,29,31,34). The van der Waals surface area contributed by atoms with Crippen LogP contribution in [0, 0.1) is 0 Å². The van der Waals surface area contributed by atoms with Crippen molar-refractivity contribution in [3.8, 4) is 5.00 Å². The third-order valence-corrected chi connectivity index (χ3v) is 5.82. The van der Waals surface area contributed by atoms with E-state index in [9.17, 15) is 35.9 Å². The smallest absolute Gasteiger partial charge is 0.434 e. The summed E-state index contributed by atoms with van der Waals surface area (Å²) in [5.74, 6) is -1.32. The first kappa shape index (κ1) is 26.2. The number of aromatic nitrogens is 4. The van der Waals surface area contributed by atoms with Crippen LogP contribution < -0.4 is 5.32 Å². The van der Waals surface area contributed by atoms with Crippen LogP contribution in [-0.4, -0.2) is 36.9 Å². The van der Waals surface area contributed by atoms with Gasteiger partial charge in [0.15, 0.2) is 5.69 Å². The Labute approximate surface area is 208 Å². The summed E-state index contributed by atoms with van der Waals surface area (Å²) in [6.45, 7) is 4.98. The lowest BCUT2D eigenvalue weighted by Crippen LogP contribution is -2.26. The summed E-state index contributed by atoms with van der Waals surface area (Å²) in [5, 5.41) is 5.67. The number of fused-ring (bicyclic) bond motifs is 1. The number of thiophene rings is 1. The number of amides is 1. The molecule has 37 heavy (non-hydrogen) atoms. The summed E-state index contributed by atoms with van der Waals surface area (Å²) in [4.78, 5) is 28.3. The Morgan fingerprint density at radius 1 is 1.03 bits per heavy atom. The Morgan fingerprint density at radius 3 is 2.35 bits per heavy atom. The maximum atomic E-state index is 14.0. The molecule has 0 fully saturated rings. The van der Waals surface area contributed by atoms with Crippen LogP contribution in [0.4, 0.5) is 36.8 Å². The van der Waals surface area contributed by atoms with Crippen molar-refractivity contribution < 1.29 is 40.7 Å². The molecule has 0 aliphatic heterocycles. The summed E-state index contributed by atoms with van der Waals surface area (Å²) < 4.78 is 88.2. The number of hydrogen-bond acceptors (Lipinski definition) is 6. The lowest BCUT2D eigenvalue weighted by molar-refractivity contribution is -0.143. The van der Waals surface area contributed by atoms with Crippen molar-refractivity contribution in [1.29, 1.82) is 0 Å². The van der Waals surface area contributed by atoms with Gasteiger partial charge in [-0.25, -0.2) is 9.48 Å². The molecule has 0 aliphatic carbocycles. The van der Waals surface area contributed by atoms with Gasteiger partial charge in [-0.05, 0) is 45.0 Å². The van der Waals surface area contributed by atoms with Crippen molar-refractivity contribution in [2.24, 2.45) is 0 Å². The van der Waals surface area contributed by atoms with E-state index < -0.39 is 52.6 Å². The van der Waals surface area contributed by atoms with Gasteiger partial charge in [-0.1, -0.05) is 0 Å². The van der Waals surface area contributed by atoms with Crippen molar-refractivity contribution in [2.75, 3.05) is 5.32 Å². The molecule has 8 nitrogen and oxygen atoms in total. The van der Waals surface area contributed by atoms with Gasteiger partial charge in [-0.15, -0.1) is 11.3 Å². The van der Waals surface area contributed by atoms with Crippen LogP contribution in [0.25, 0.3) is 15.2 Å². The molecule has 0 radical (unpaired) electrons. The van der Waals surface area contributed by atoms with Gasteiger partial charge in [-0.2, -0.15) is 31.4 Å². The molecule has 196 valence electrons. The van der Waals surface area contributed by atoms with E-state index in [1.807, 2.05) is 5.32 Å². The number of halogens is 6. The van der Waals surface area contributed by atoms with Crippen molar-refractivity contribution >= 4 is 39.2 Å². The zero-order valence-electron chi connectivity index (χ0n) is 19.2. The van der Waals surface area contributed by atoms with E-state index in [4.69, 9.17) is 4.74 Å². The fourth-order valence-electron chi connectivity index (χ4n) is 3.30. The molecular formula is C22H17F6N5O3S. The molecule has 0 saturated heterocycles. The average Bonchev–Trinajstić information content (AvgIpc) is 3.45. The molecule has 15 heteroatoms. The molecule has 1 amide bonds. The fourth-order valence-corrected chi connectivity index (χ4v) is 4.32. The Hall–Kier alpha value is -3.88. The monoisotopic (exact) mass is 545 g/mol. The van der Waals surface area contributed by atoms with Gasteiger partial charge in [0.25, 0.3) is 5.91 Å². The summed E-state index contributed by atoms with van der Waals surface area (Å²) >= 11 is 0.877. The van der Waals surface area contributed by atoms with Crippen LogP contribution in [-0.2, 0) is 17.1 Å². The number of hydrogen-bond donors (Lipinski definition) is 1. The number of ether oxygens (including phenoxy) is 1. The highest BCUT2D eigenvalue weighted by atomic mass is 32.1. The summed E-state index contributed by atoms with van der Waals surface area (Å²) in [7, 11) is 0. The molecule has 4 aromatic heterocycles. The third-order valence-electron chi connectivity index (χ3n) is 4.75. The minimum Gasteiger partial charge on any atom is -0.443 e. The Kier molecular flexibility index (Phi) is 6.30. The Morgan fingerprint density at radius 2 is 1.73 bits per heavy atom. The number of carbonyl (C=O) groups is 2. The largest absolute Gasteiger partial charge is 0.443 e. The van der Waals surface area contributed by atoms with Gasteiger partial charge in [0.2, 0.25) is 0 Å². The molecule has 0 spiro atoms. The highest BCUT2D eigenvalue weighted by molar-refractivity contribution is 7.21. The van der Waals surface area contributed by atoms with Gasteiger partial charge in [-0.3, -0.25) is 14.3 Å². The van der Waals surface area contributed by atoms with Gasteiger partial charge in [0.1, 0.15) is 16.3 Å². The van der Waals surface area contributed by atoms with Gasteiger partial charge in [0, 0.05) is 18.1 Å². The molecule has 0 aliphatic rings. The average molecular weight is 545 g/mol. The van der Waals surface area contributed by atoms with E-state index in [-0.39, 0.29) is 10.5 Å². The number of alkyl halides is 6. The SMILES string of the molecule is CC(C)(C)OC(=O)n1ccc2sc(-n3ncc(C(=O)Nc4ccnc(C(F)(F)F)c4)c3C(F)(F)F)cc21. The van der Waals surface area contributed by atoms with Crippen LogP contribution in [0.2, 0.25) is 0 Å². The van der Waals surface area contributed by atoms with E-state index in [0.29, 0.717) is 21.6 Å². The van der Waals surface area contributed by atoms with E-state index in [0.717, 1.165) is 28.2 Å². The second-order valence-electron chi connectivity index (χ2n) is 8.70. The molecule has 0 saturated carbocycles. The van der Waals surface area contributed by atoms with Crippen molar-refractivity contribution in [3.63, 3.8) is 0 Å². The lowest BCUT2D eigenvalue weighted by atomic mass is 10.2. The number of nitrogens with one attached hydrogen (secondary N) is 1. The van der Waals surface area contributed by atoms with Gasteiger partial charge < -0.3 is 10.1 Å². The van der Waals surface area contributed by atoms with Crippen molar-refractivity contribution in [3.05, 3.63) is 59.8 Å². The van der Waals surface area contributed by atoms with Crippen molar-refractivity contribution in [2.45, 2.75) is 38.7 Å². The number of pyridine rings is 1. The predicted octanol–water partition coefficient (Wildman–Crippen LogP) is 6.36. The van der Waals surface area contributed by atoms with Crippen LogP contribution in [0.15, 0.2) is 42.9 Å². The van der Waals surface area contributed by atoms with E-state index in [1.54, 1.807) is 20.8 Å². The molecule has 0 bridgehead atoms. The number of rotatable bonds is 3. The van der Waals surface area contributed by atoms with Crippen LogP contribution in [0.5, 0.6) is 0 Å². The number of nitrogens with zero attached hydrogens (tertiary/aromatic N) is 4. The second kappa shape index (κ2) is 8.90. The first-order chi connectivity index (χ1) is 17.0. The predicted molar refractivity (Wildman–Crippen MR) is 121 cm³/mol. The normalized spacial score (nSPS) is 12.7. The van der Waals surface area contributed by atoms with Crippen LogP contribution in [0.1, 0.15) is 42.5 Å². The first-order valence-corrected chi connectivity index (χ1v) is 11.2. The van der Waals surface area contributed by atoms with Crippen LogP contribution >= 0.6 is 11.3 Å². The molecule has 4 heterocycles. The molecular weight excluding hydrogens is 528 g/mol. The first-order valence-electron chi connectivity index (χ1n) is 10.4. The van der Waals surface area contributed by atoms with Crippen LogP contribution in [0.3, 0.4) is 0 Å². The quantitative estimate of drug-likeness (QED) is 0.303. The maximum Gasteiger partial charge on any atom is 0.434 e. The summed E-state index contributed by atoms with van der Waals surface area (Å²) in [6, 6.07) is 4.30. The Bertz CT molecular complexity index is 1490. The number of anilines is 1. The maximum absolute atomic E-state index is 14.0.